The van der Waals surface area contributed by atoms with Crippen LogP contribution in [0, 0.1) is 6.92 Å². The Labute approximate surface area is 105 Å². The second kappa shape index (κ2) is 4.75. The highest BCUT2D eigenvalue weighted by atomic mass is 16.1. The largest absolute Gasteiger partial charge is 0.399 e. The number of hydrogen-bond donors (Lipinski definition) is 3. The van der Waals surface area contributed by atoms with Gasteiger partial charge in [-0.1, -0.05) is 0 Å². The van der Waals surface area contributed by atoms with Gasteiger partial charge in [0.05, 0.1) is 5.56 Å². The monoisotopic (exact) mass is 242 g/mol. The lowest BCUT2D eigenvalue weighted by molar-refractivity contribution is 0.100. The van der Waals surface area contributed by atoms with Crippen LogP contribution < -0.4 is 16.8 Å². The van der Waals surface area contributed by atoms with Gasteiger partial charge >= 0.3 is 0 Å². The van der Waals surface area contributed by atoms with Crippen molar-refractivity contribution in [2.24, 2.45) is 5.73 Å². The average molecular weight is 242 g/mol. The van der Waals surface area contributed by atoms with E-state index in [0.29, 0.717) is 17.1 Å². The van der Waals surface area contributed by atoms with Gasteiger partial charge in [0.1, 0.15) is 5.82 Å². The van der Waals surface area contributed by atoms with Crippen molar-refractivity contribution in [2.75, 3.05) is 11.1 Å². The third kappa shape index (κ3) is 2.40. The summed E-state index contributed by atoms with van der Waals surface area (Å²) in [6.07, 6.45) is 1.63. The van der Waals surface area contributed by atoms with Crippen LogP contribution in [0.2, 0.25) is 0 Å². The molecule has 2 aromatic rings. The highest BCUT2D eigenvalue weighted by Crippen LogP contribution is 2.21. The zero-order valence-electron chi connectivity index (χ0n) is 9.97. The van der Waals surface area contributed by atoms with Crippen LogP contribution >= 0.6 is 0 Å². The zero-order valence-corrected chi connectivity index (χ0v) is 9.97. The van der Waals surface area contributed by atoms with Gasteiger partial charge in [-0.05, 0) is 42.8 Å². The number of carbonyl (C=O) groups excluding carboxylic acids is 1. The van der Waals surface area contributed by atoms with Crippen molar-refractivity contribution >= 4 is 23.1 Å². The van der Waals surface area contributed by atoms with E-state index in [1.807, 2.05) is 19.1 Å². The van der Waals surface area contributed by atoms with Crippen LogP contribution in [0.1, 0.15) is 15.9 Å². The van der Waals surface area contributed by atoms with Crippen molar-refractivity contribution in [3.05, 3.63) is 47.7 Å². The van der Waals surface area contributed by atoms with Crippen molar-refractivity contribution in [2.45, 2.75) is 6.92 Å². The topological polar surface area (TPSA) is 94.0 Å². The van der Waals surface area contributed by atoms with Gasteiger partial charge in [-0.15, -0.1) is 0 Å². The summed E-state index contributed by atoms with van der Waals surface area (Å²) in [5.74, 6) is -0.0502. The van der Waals surface area contributed by atoms with Gasteiger partial charge in [-0.3, -0.25) is 4.79 Å². The van der Waals surface area contributed by atoms with Crippen molar-refractivity contribution in [3.63, 3.8) is 0 Å². The molecule has 0 bridgehead atoms. The van der Waals surface area contributed by atoms with E-state index in [1.165, 1.54) is 0 Å². The molecule has 0 saturated heterocycles. The lowest BCUT2D eigenvalue weighted by Crippen LogP contribution is -2.16. The molecule has 1 heterocycles. The summed E-state index contributed by atoms with van der Waals surface area (Å²) in [7, 11) is 0. The molecule has 5 heteroatoms. The van der Waals surface area contributed by atoms with Crippen molar-refractivity contribution in [1.29, 1.82) is 0 Å². The fourth-order valence-electron chi connectivity index (χ4n) is 1.67. The van der Waals surface area contributed by atoms with E-state index >= 15 is 0 Å². The van der Waals surface area contributed by atoms with E-state index in [1.54, 1.807) is 24.4 Å². The first kappa shape index (κ1) is 11.9. The molecule has 92 valence electrons. The van der Waals surface area contributed by atoms with Gasteiger partial charge in [0.25, 0.3) is 5.91 Å². The second-order valence-electron chi connectivity index (χ2n) is 3.96. The first-order chi connectivity index (χ1) is 8.58. The summed E-state index contributed by atoms with van der Waals surface area (Å²) in [6, 6.07) is 8.90. The van der Waals surface area contributed by atoms with E-state index in [-0.39, 0.29) is 0 Å². The van der Waals surface area contributed by atoms with Crippen LogP contribution in [-0.2, 0) is 0 Å². The predicted octanol–water partition coefficient (Wildman–Crippen LogP) is 1.81. The van der Waals surface area contributed by atoms with Gasteiger partial charge in [0.2, 0.25) is 0 Å². The minimum Gasteiger partial charge on any atom is -0.399 e. The van der Waals surface area contributed by atoms with Crippen LogP contribution in [0.5, 0.6) is 0 Å². The number of nitrogens with one attached hydrogen (secondary N) is 1. The normalized spacial score (nSPS) is 10.1. The fourth-order valence-corrected chi connectivity index (χ4v) is 1.67. The number of anilines is 3. The summed E-state index contributed by atoms with van der Waals surface area (Å²) < 4.78 is 0. The Morgan fingerprint density at radius 1 is 1.22 bits per heavy atom. The van der Waals surface area contributed by atoms with Gasteiger partial charge in [-0.2, -0.15) is 0 Å². The Bertz CT molecular complexity index is 578. The first-order valence-electron chi connectivity index (χ1n) is 5.46. The number of hydrogen-bond acceptors (Lipinski definition) is 4. The summed E-state index contributed by atoms with van der Waals surface area (Å²) in [6.45, 7) is 1.82. The number of nitrogens with zero attached hydrogens (tertiary/aromatic N) is 1. The molecule has 0 fully saturated rings. The molecular formula is C13H14N4O. The van der Waals surface area contributed by atoms with Crippen LogP contribution in [0.3, 0.4) is 0 Å². The Morgan fingerprint density at radius 2 is 1.89 bits per heavy atom. The van der Waals surface area contributed by atoms with Gasteiger partial charge in [0, 0.05) is 17.6 Å². The lowest BCUT2D eigenvalue weighted by atomic mass is 10.1. The van der Waals surface area contributed by atoms with E-state index in [2.05, 4.69) is 10.3 Å². The van der Waals surface area contributed by atoms with Gasteiger partial charge < -0.3 is 16.8 Å². The molecular weight excluding hydrogens is 228 g/mol. The summed E-state index contributed by atoms with van der Waals surface area (Å²) >= 11 is 0. The van der Waals surface area contributed by atoms with Crippen molar-refractivity contribution in [1.82, 2.24) is 4.98 Å². The molecule has 5 nitrogen and oxygen atoms in total. The third-order valence-electron chi connectivity index (χ3n) is 2.58. The molecule has 2 rings (SSSR count). The number of benzene rings is 1. The maximum Gasteiger partial charge on any atom is 0.252 e. The second-order valence-corrected chi connectivity index (χ2v) is 3.96. The maximum atomic E-state index is 11.4. The Kier molecular flexibility index (Phi) is 3.14. The van der Waals surface area contributed by atoms with Crippen LogP contribution in [0.25, 0.3) is 0 Å². The van der Waals surface area contributed by atoms with Crippen molar-refractivity contribution in [3.8, 4) is 0 Å². The van der Waals surface area contributed by atoms with E-state index in [4.69, 9.17) is 11.5 Å². The molecule has 0 radical (unpaired) electrons. The number of nitrogens with two attached hydrogens (primary N) is 2. The van der Waals surface area contributed by atoms with Crippen LogP contribution in [0.15, 0.2) is 36.5 Å². The summed E-state index contributed by atoms with van der Waals surface area (Å²) in [5, 5.41) is 3.05. The molecule has 0 saturated carbocycles. The molecule has 1 amide bonds. The lowest BCUT2D eigenvalue weighted by Gasteiger charge is -2.11. The molecule has 0 aliphatic carbocycles. The number of amides is 1. The average Bonchev–Trinajstić information content (AvgIpc) is 2.32. The van der Waals surface area contributed by atoms with Crippen molar-refractivity contribution < 1.29 is 4.79 Å². The minimum atomic E-state index is -0.501. The Morgan fingerprint density at radius 3 is 2.50 bits per heavy atom. The number of carbonyl (C=O) groups is 1. The smallest absolute Gasteiger partial charge is 0.252 e. The highest BCUT2D eigenvalue weighted by Gasteiger charge is 2.12. The molecule has 5 N–H and O–H groups in total. The minimum absolute atomic E-state index is 0.398. The Hall–Kier alpha value is -2.56. The number of aryl methyl sites for hydroxylation is 1. The number of aromatic nitrogens is 1. The molecule has 0 aliphatic rings. The van der Waals surface area contributed by atoms with Gasteiger partial charge in [-0.25, -0.2) is 4.98 Å². The number of primary amides is 1. The van der Waals surface area contributed by atoms with Crippen LogP contribution in [-0.4, -0.2) is 10.9 Å². The van der Waals surface area contributed by atoms with E-state index < -0.39 is 5.91 Å². The zero-order chi connectivity index (χ0) is 13.1. The fraction of sp³-hybridized carbons (Fsp3) is 0.0769. The van der Waals surface area contributed by atoms with E-state index in [0.717, 1.165) is 11.3 Å². The molecule has 1 aromatic heterocycles. The highest BCUT2D eigenvalue weighted by molar-refractivity contribution is 5.99. The SMILES string of the molecule is Cc1ccnc(Nc2ccc(N)cc2)c1C(N)=O. The third-order valence-corrected chi connectivity index (χ3v) is 2.58. The predicted molar refractivity (Wildman–Crippen MR) is 71.6 cm³/mol. The molecule has 0 unspecified atom stereocenters. The summed E-state index contributed by atoms with van der Waals surface area (Å²) in [5.41, 5.74) is 13.6. The molecule has 0 spiro atoms. The number of rotatable bonds is 3. The first-order valence-corrected chi connectivity index (χ1v) is 5.46. The molecule has 1 aromatic carbocycles. The quantitative estimate of drug-likeness (QED) is 0.715. The Balaban J connectivity index is 2.37. The summed E-state index contributed by atoms with van der Waals surface area (Å²) in [4.78, 5) is 15.5. The number of pyridine rings is 1. The standard InChI is InChI=1S/C13H14N4O/c1-8-6-7-16-13(11(8)12(15)18)17-10-4-2-9(14)3-5-10/h2-7H,14H2,1H3,(H2,15,18)(H,16,17). The van der Waals surface area contributed by atoms with E-state index in [9.17, 15) is 4.79 Å². The molecule has 18 heavy (non-hydrogen) atoms. The maximum absolute atomic E-state index is 11.4. The molecule has 0 aliphatic heterocycles. The van der Waals surface area contributed by atoms with Gasteiger partial charge in [0.15, 0.2) is 0 Å². The number of nitrogen functional groups attached to an aromatic ring is 1. The molecule has 0 atom stereocenters. The van der Waals surface area contributed by atoms with Crippen LogP contribution in [0.4, 0.5) is 17.2 Å².